The average Bonchev–Trinajstić information content (AvgIpc) is 2.88. The Balaban J connectivity index is 1.98. The first kappa shape index (κ1) is 15.6. The first-order chi connectivity index (χ1) is 10.9. The van der Waals surface area contributed by atoms with Crippen LogP contribution < -0.4 is 9.46 Å². The fourth-order valence-corrected chi connectivity index (χ4v) is 3.73. The topological polar surface area (TPSA) is 81.7 Å². The molecule has 0 aromatic heterocycles. The van der Waals surface area contributed by atoms with Crippen molar-refractivity contribution < 1.29 is 22.7 Å². The van der Waals surface area contributed by atoms with Crippen LogP contribution in [0.25, 0.3) is 0 Å². The Bertz CT molecular complexity index is 895. The summed E-state index contributed by atoms with van der Waals surface area (Å²) in [5.41, 5.74) is 1.33. The first-order valence-electron chi connectivity index (χ1n) is 6.57. The van der Waals surface area contributed by atoms with E-state index in [9.17, 15) is 13.2 Å². The van der Waals surface area contributed by atoms with Gasteiger partial charge in [0.25, 0.3) is 10.0 Å². The van der Waals surface area contributed by atoms with E-state index in [1.54, 1.807) is 12.1 Å². The number of anilines is 1. The fourth-order valence-electron chi connectivity index (χ4n) is 2.25. The molecule has 0 aliphatic carbocycles. The number of rotatable bonds is 4. The number of hydrogen-bond acceptors (Lipinski definition) is 5. The molecule has 3 rings (SSSR count). The molecule has 6 nitrogen and oxygen atoms in total. The van der Waals surface area contributed by atoms with E-state index >= 15 is 0 Å². The lowest BCUT2D eigenvalue weighted by molar-refractivity contribution is 0.0535. The van der Waals surface area contributed by atoms with E-state index < -0.39 is 16.0 Å². The maximum Gasteiger partial charge on any atom is 0.338 e. The van der Waals surface area contributed by atoms with Crippen molar-refractivity contribution in [3.8, 4) is 5.75 Å². The summed E-state index contributed by atoms with van der Waals surface area (Å²) in [6.07, 6.45) is 0. The van der Waals surface area contributed by atoms with Crippen molar-refractivity contribution in [3.05, 3.63) is 52.5 Å². The number of benzene rings is 2. The van der Waals surface area contributed by atoms with Gasteiger partial charge in [-0.1, -0.05) is 17.7 Å². The molecule has 0 radical (unpaired) electrons. The van der Waals surface area contributed by atoms with E-state index in [0.29, 0.717) is 5.56 Å². The molecule has 23 heavy (non-hydrogen) atoms. The third kappa shape index (κ3) is 2.97. The van der Waals surface area contributed by atoms with E-state index in [-0.39, 0.29) is 28.0 Å². The normalized spacial score (nSPS) is 13.4. The van der Waals surface area contributed by atoms with Crippen molar-refractivity contribution in [1.29, 1.82) is 0 Å². The summed E-state index contributed by atoms with van der Waals surface area (Å²) in [5.74, 6) is -0.302. The maximum absolute atomic E-state index is 12.5. The molecule has 0 spiro atoms. The second-order valence-electron chi connectivity index (χ2n) is 4.85. The number of fused-ring (bicyclic) bond motifs is 1. The molecule has 1 aliphatic heterocycles. The molecule has 0 saturated heterocycles. The zero-order chi connectivity index (χ0) is 16.6. The molecule has 1 N–H and O–H groups in total. The molecule has 1 aliphatic rings. The summed E-state index contributed by atoms with van der Waals surface area (Å²) in [6, 6.07) is 8.95. The van der Waals surface area contributed by atoms with E-state index in [4.69, 9.17) is 21.1 Å². The van der Waals surface area contributed by atoms with Gasteiger partial charge in [0.2, 0.25) is 0 Å². The number of ether oxygens (including phenoxy) is 2. The minimum atomic E-state index is -3.93. The molecule has 2 aromatic rings. The molecule has 8 heteroatoms. The van der Waals surface area contributed by atoms with Crippen LogP contribution in [-0.4, -0.2) is 21.5 Å². The van der Waals surface area contributed by atoms with Gasteiger partial charge in [-0.15, -0.1) is 0 Å². The molecule has 0 amide bonds. The summed E-state index contributed by atoms with van der Waals surface area (Å²) in [6.45, 7) is 0.198. The highest BCUT2D eigenvalue weighted by Gasteiger charge is 2.24. The van der Waals surface area contributed by atoms with Gasteiger partial charge >= 0.3 is 5.97 Å². The van der Waals surface area contributed by atoms with Crippen LogP contribution in [-0.2, 0) is 21.4 Å². The van der Waals surface area contributed by atoms with Crippen LogP contribution >= 0.6 is 11.6 Å². The van der Waals surface area contributed by atoms with Gasteiger partial charge in [0, 0.05) is 16.3 Å². The van der Waals surface area contributed by atoms with Crippen LogP contribution in [0.4, 0.5) is 5.69 Å². The second kappa shape index (κ2) is 5.75. The lowest BCUT2D eigenvalue weighted by Gasteiger charge is -2.12. The number of nitrogens with one attached hydrogen (secondary N) is 1. The summed E-state index contributed by atoms with van der Waals surface area (Å²) < 4.78 is 37.5. The molecule has 1 heterocycles. The quantitative estimate of drug-likeness (QED) is 0.855. The van der Waals surface area contributed by atoms with Crippen molar-refractivity contribution in [3.63, 3.8) is 0 Å². The number of carbonyl (C=O) groups is 1. The number of hydrogen-bond donors (Lipinski definition) is 1. The summed E-state index contributed by atoms with van der Waals surface area (Å²) in [7, 11) is -2.56. The van der Waals surface area contributed by atoms with Gasteiger partial charge in [-0.2, -0.15) is 0 Å². The van der Waals surface area contributed by atoms with Gasteiger partial charge < -0.3 is 9.47 Å². The molecular formula is C15H12ClNO5S. The van der Waals surface area contributed by atoms with Gasteiger partial charge in [-0.25, -0.2) is 13.2 Å². The Labute approximate surface area is 138 Å². The molecule has 0 unspecified atom stereocenters. The van der Waals surface area contributed by atoms with E-state index in [2.05, 4.69) is 4.72 Å². The lowest BCUT2D eigenvalue weighted by Crippen LogP contribution is -2.14. The standard InChI is InChI=1S/C15H12ClNO5S/c1-21-13-5-3-10(16)6-14(13)23(19,20)17-11-4-2-9-8-22-15(18)12(9)7-11/h2-7,17H,8H2,1H3. The molecule has 120 valence electrons. The molecule has 0 fully saturated rings. The SMILES string of the molecule is COc1ccc(Cl)cc1S(=O)(=O)Nc1ccc2c(c1)C(=O)OC2. The van der Waals surface area contributed by atoms with Crippen LogP contribution in [0.3, 0.4) is 0 Å². The Hall–Kier alpha value is -2.25. The largest absolute Gasteiger partial charge is 0.495 e. The van der Waals surface area contributed by atoms with Gasteiger partial charge in [-0.3, -0.25) is 4.72 Å². The van der Waals surface area contributed by atoms with Crippen molar-refractivity contribution in [2.45, 2.75) is 11.5 Å². The fraction of sp³-hybridized carbons (Fsp3) is 0.133. The average molecular weight is 354 g/mol. The highest BCUT2D eigenvalue weighted by Crippen LogP contribution is 2.30. The minimum absolute atomic E-state index is 0.0874. The predicted molar refractivity (Wildman–Crippen MR) is 84.4 cm³/mol. The maximum atomic E-state index is 12.5. The molecule has 2 aromatic carbocycles. The number of carbonyl (C=O) groups excluding carboxylic acids is 1. The summed E-state index contributed by atoms with van der Waals surface area (Å²) in [5, 5.41) is 0.267. The molecule has 0 bridgehead atoms. The van der Waals surface area contributed by atoms with Crippen LogP contribution in [0.1, 0.15) is 15.9 Å². The van der Waals surface area contributed by atoms with Crippen LogP contribution in [0.15, 0.2) is 41.3 Å². The Kier molecular flexibility index (Phi) is 3.91. The highest BCUT2D eigenvalue weighted by atomic mass is 35.5. The molecule has 0 atom stereocenters. The zero-order valence-electron chi connectivity index (χ0n) is 12.0. The smallest absolute Gasteiger partial charge is 0.338 e. The Morgan fingerprint density at radius 2 is 2.00 bits per heavy atom. The van der Waals surface area contributed by atoms with Crippen molar-refractivity contribution in [1.82, 2.24) is 0 Å². The number of methoxy groups -OCH3 is 1. The molecular weight excluding hydrogens is 342 g/mol. The van der Waals surface area contributed by atoms with E-state index in [1.807, 2.05) is 0 Å². The van der Waals surface area contributed by atoms with E-state index in [0.717, 1.165) is 5.56 Å². The Morgan fingerprint density at radius 1 is 1.22 bits per heavy atom. The van der Waals surface area contributed by atoms with Crippen molar-refractivity contribution in [2.24, 2.45) is 0 Å². The third-order valence-electron chi connectivity index (χ3n) is 3.36. The minimum Gasteiger partial charge on any atom is -0.495 e. The highest BCUT2D eigenvalue weighted by molar-refractivity contribution is 7.92. The van der Waals surface area contributed by atoms with Gasteiger partial charge in [0.05, 0.1) is 12.7 Å². The van der Waals surface area contributed by atoms with Crippen LogP contribution in [0.2, 0.25) is 5.02 Å². The van der Waals surface area contributed by atoms with E-state index in [1.165, 1.54) is 31.4 Å². The van der Waals surface area contributed by atoms with Gasteiger partial charge in [0.15, 0.2) is 0 Å². The summed E-state index contributed by atoms with van der Waals surface area (Å²) >= 11 is 5.87. The van der Waals surface area contributed by atoms with Gasteiger partial charge in [-0.05, 0) is 30.3 Å². The van der Waals surface area contributed by atoms with Crippen LogP contribution in [0.5, 0.6) is 5.75 Å². The number of halogens is 1. The van der Waals surface area contributed by atoms with Crippen LogP contribution in [0, 0.1) is 0 Å². The van der Waals surface area contributed by atoms with Gasteiger partial charge in [0.1, 0.15) is 17.3 Å². The zero-order valence-corrected chi connectivity index (χ0v) is 13.6. The lowest BCUT2D eigenvalue weighted by atomic mass is 10.1. The Morgan fingerprint density at radius 3 is 2.74 bits per heavy atom. The number of cyclic esters (lactones) is 1. The molecule has 0 saturated carbocycles. The first-order valence-corrected chi connectivity index (χ1v) is 8.43. The number of sulfonamides is 1. The monoisotopic (exact) mass is 353 g/mol. The second-order valence-corrected chi connectivity index (χ2v) is 6.94. The summed E-state index contributed by atoms with van der Waals surface area (Å²) in [4.78, 5) is 11.5. The predicted octanol–water partition coefficient (Wildman–Crippen LogP) is 2.82. The number of esters is 1. The third-order valence-corrected chi connectivity index (χ3v) is 4.99. The van der Waals surface area contributed by atoms with Crippen molar-refractivity contribution in [2.75, 3.05) is 11.8 Å². The van der Waals surface area contributed by atoms with Crippen molar-refractivity contribution >= 4 is 33.3 Å².